The van der Waals surface area contributed by atoms with Crippen molar-refractivity contribution in [2.75, 3.05) is 6.61 Å². The summed E-state index contributed by atoms with van der Waals surface area (Å²) in [4.78, 5) is 0. The second-order valence-corrected chi connectivity index (χ2v) is 3.88. The fraction of sp³-hybridized carbons (Fsp3) is 0.364. The van der Waals surface area contributed by atoms with Crippen molar-refractivity contribution in [3.63, 3.8) is 0 Å². The molecule has 1 rings (SSSR count). The summed E-state index contributed by atoms with van der Waals surface area (Å²) in [6.45, 7) is 0.448. The van der Waals surface area contributed by atoms with E-state index in [0.29, 0.717) is 18.8 Å². The van der Waals surface area contributed by atoms with Crippen LogP contribution in [-0.4, -0.2) is 17.6 Å². The van der Waals surface area contributed by atoms with Crippen molar-refractivity contribution >= 4 is 17.4 Å². The number of nitrogens with two attached hydrogens (primary N) is 1. The number of unbranched alkanes of at least 4 members (excludes halogenated alkanes) is 1. The van der Waals surface area contributed by atoms with E-state index >= 15 is 0 Å². The van der Waals surface area contributed by atoms with Gasteiger partial charge in [-0.25, -0.2) is 4.39 Å². The van der Waals surface area contributed by atoms with Crippen LogP contribution in [0.15, 0.2) is 23.4 Å². The van der Waals surface area contributed by atoms with Crippen LogP contribution in [0.1, 0.15) is 19.3 Å². The highest BCUT2D eigenvalue weighted by molar-refractivity contribution is 6.32. The summed E-state index contributed by atoms with van der Waals surface area (Å²) in [5, 5.41) is 11.4. The molecule has 0 aromatic heterocycles. The lowest BCUT2D eigenvalue weighted by molar-refractivity contribution is 0.304. The van der Waals surface area contributed by atoms with E-state index in [1.54, 1.807) is 0 Å². The molecule has 0 atom stereocenters. The molecule has 6 heteroatoms. The zero-order valence-electron chi connectivity index (χ0n) is 9.20. The van der Waals surface area contributed by atoms with E-state index in [0.717, 1.165) is 12.8 Å². The first-order valence-electron chi connectivity index (χ1n) is 5.17. The van der Waals surface area contributed by atoms with E-state index in [4.69, 9.17) is 27.3 Å². The number of amidine groups is 1. The Labute approximate surface area is 104 Å². The van der Waals surface area contributed by atoms with Crippen LogP contribution in [0.3, 0.4) is 0 Å². The Morgan fingerprint density at radius 2 is 2.24 bits per heavy atom. The summed E-state index contributed by atoms with van der Waals surface area (Å²) in [5.41, 5.74) is 5.30. The monoisotopic (exact) mass is 260 g/mol. The molecule has 1 aromatic carbocycles. The van der Waals surface area contributed by atoms with Gasteiger partial charge in [-0.2, -0.15) is 0 Å². The van der Waals surface area contributed by atoms with Crippen LogP contribution < -0.4 is 10.5 Å². The Kier molecular flexibility index (Phi) is 5.56. The third-order valence-corrected chi connectivity index (χ3v) is 2.40. The van der Waals surface area contributed by atoms with Crippen molar-refractivity contribution < 1.29 is 14.3 Å². The Hall–Kier alpha value is -1.49. The van der Waals surface area contributed by atoms with Gasteiger partial charge in [0, 0.05) is 6.42 Å². The van der Waals surface area contributed by atoms with Crippen LogP contribution in [0, 0.1) is 5.82 Å². The highest BCUT2D eigenvalue weighted by atomic mass is 35.5. The molecule has 0 aliphatic heterocycles. The first-order valence-corrected chi connectivity index (χ1v) is 5.55. The molecule has 0 heterocycles. The minimum absolute atomic E-state index is 0.199. The van der Waals surface area contributed by atoms with Gasteiger partial charge < -0.3 is 15.7 Å². The summed E-state index contributed by atoms with van der Waals surface area (Å²) >= 11 is 5.78. The van der Waals surface area contributed by atoms with Crippen LogP contribution in [0.4, 0.5) is 4.39 Å². The molecular formula is C11H14ClFN2O2. The van der Waals surface area contributed by atoms with E-state index < -0.39 is 5.82 Å². The van der Waals surface area contributed by atoms with Gasteiger partial charge in [-0.3, -0.25) is 0 Å². The van der Waals surface area contributed by atoms with E-state index in [1.807, 2.05) is 0 Å². The van der Waals surface area contributed by atoms with Crippen molar-refractivity contribution in [1.29, 1.82) is 0 Å². The molecule has 0 saturated carbocycles. The summed E-state index contributed by atoms with van der Waals surface area (Å²) in [7, 11) is 0. The smallest absolute Gasteiger partial charge is 0.139 e. The SMILES string of the molecule is N/C(CCCCOc1ccc(F)cc1Cl)=N/O. The van der Waals surface area contributed by atoms with Crippen LogP contribution in [0.5, 0.6) is 5.75 Å². The van der Waals surface area contributed by atoms with Gasteiger partial charge in [-0.1, -0.05) is 16.8 Å². The lowest BCUT2D eigenvalue weighted by atomic mass is 10.2. The third-order valence-electron chi connectivity index (χ3n) is 2.11. The first kappa shape index (κ1) is 13.6. The Morgan fingerprint density at radius 1 is 1.47 bits per heavy atom. The molecule has 0 bridgehead atoms. The van der Waals surface area contributed by atoms with Gasteiger partial charge in [-0.15, -0.1) is 0 Å². The van der Waals surface area contributed by atoms with E-state index in [2.05, 4.69) is 5.16 Å². The number of rotatable bonds is 6. The lowest BCUT2D eigenvalue weighted by Crippen LogP contribution is -2.11. The van der Waals surface area contributed by atoms with Crippen molar-refractivity contribution in [2.45, 2.75) is 19.3 Å². The molecule has 17 heavy (non-hydrogen) atoms. The average Bonchev–Trinajstić information content (AvgIpc) is 2.30. The minimum Gasteiger partial charge on any atom is -0.492 e. The van der Waals surface area contributed by atoms with Crippen LogP contribution in [0.25, 0.3) is 0 Å². The van der Waals surface area contributed by atoms with E-state index in [9.17, 15) is 4.39 Å². The van der Waals surface area contributed by atoms with Gasteiger partial charge >= 0.3 is 0 Å². The predicted molar refractivity (Wildman–Crippen MR) is 64.2 cm³/mol. The van der Waals surface area contributed by atoms with Gasteiger partial charge in [-0.05, 0) is 31.0 Å². The maximum atomic E-state index is 12.7. The van der Waals surface area contributed by atoms with Crippen molar-refractivity contribution in [3.05, 3.63) is 29.0 Å². The molecule has 0 amide bonds. The molecule has 0 aliphatic rings. The molecular weight excluding hydrogens is 247 g/mol. The number of ether oxygens (including phenoxy) is 1. The van der Waals surface area contributed by atoms with Crippen LogP contribution >= 0.6 is 11.6 Å². The Morgan fingerprint density at radius 3 is 2.88 bits per heavy atom. The highest BCUT2D eigenvalue weighted by Crippen LogP contribution is 2.24. The summed E-state index contributed by atoms with van der Waals surface area (Å²) in [5.74, 6) is 0.260. The van der Waals surface area contributed by atoms with E-state index in [1.165, 1.54) is 18.2 Å². The molecule has 0 saturated heterocycles. The first-order chi connectivity index (χ1) is 8.13. The third kappa shape index (κ3) is 4.91. The van der Waals surface area contributed by atoms with Gasteiger partial charge in [0.2, 0.25) is 0 Å². The fourth-order valence-electron chi connectivity index (χ4n) is 1.23. The zero-order chi connectivity index (χ0) is 12.7. The molecule has 0 radical (unpaired) electrons. The molecule has 0 aliphatic carbocycles. The van der Waals surface area contributed by atoms with Gasteiger partial charge in [0.05, 0.1) is 11.6 Å². The van der Waals surface area contributed by atoms with Crippen LogP contribution in [-0.2, 0) is 0 Å². The van der Waals surface area contributed by atoms with Crippen molar-refractivity contribution in [2.24, 2.45) is 10.9 Å². The molecule has 3 N–H and O–H groups in total. The maximum Gasteiger partial charge on any atom is 0.139 e. The highest BCUT2D eigenvalue weighted by Gasteiger charge is 2.02. The maximum absolute atomic E-state index is 12.7. The summed E-state index contributed by atoms with van der Waals surface area (Å²) in [6.07, 6.45) is 2.00. The minimum atomic E-state index is -0.394. The van der Waals surface area contributed by atoms with Gasteiger partial charge in [0.15, 0.2) is 0 Å². The van der Waals surface area contributed by atoms with Gasteiger partial charge in [0.25, 0.3) is 0 Å². The molecule has 94 valence electrons. The van der Waals surface area contributed by atoms with Crippen molar-refractivity contribution in [1.82, 2.24) is 0 Å². The summed E-state index contributed by atoms with van der Waals surface area (Å²) in [6, 6.07) is 3.98. The van der Waals surface area contributed by atoms with Crippen LogP contribution in [0.2, 0.25) is 5.02 Å². The molecule has 0 fully saturated rings. The molecule has 4 nitrogen and oxygen atoms in total. The lowest BCUT2D eigenvalue weighted by Gasteiger charge is -2.07. The largest absolute Gasteiger partial charge is 0.492 e. The molecule has 1 aromatic rings. The molecule has 0 spiro atoms. The number of oxime groups is 1. The average molecular weight is 261 g/mol. The number of halogens is 2. The number of nitrogens with zero attached hydrogens (tertiary/aromatic N) is 1. The predicted octanol–water partition coefficient (Wildman–Crippen LogP) is 2.77. The topological polar surface area (TPSA) is 67.8 Å². The number of hydrogen-bond donors (Lipinski definition) is 2. The van der Waals surface area contributed by atoms with Gasteiger partial charge in [0.1, 0.15) is 17.4 Å². The summed E-state index contributed by atoms with van der Waals surface area (Å²) < 4.78 is 18.1. The number of hydrogen-bond acceptors (Lipinski definition) is 3. The normalized spacial score (nSPS) is 11.5. The second kappa shape index (κ2) is 6.96. The molecule has 0 unspecified atom stereocenters. The Balaban J connectivity index is 2.27. The Bertz CT molecular complexity index is 399. The quantitative estimate of drug-likeness (QED) is 0.272. The number of benzene rings is 1. The zero-order valence-corrected chi connectivity index (χ0v) is 9.95. The van der Waals surface area contributed by atoms with Crippen molar-refractivity contribution in [3.8, 4) is 5.75 Å². The standard InChI is InChI=1S/C11H14ClFN2O2/c12-9-7-8(13)4-5-10(9)17-6-2-1-3-11(14)15-16/h4-5,7,16H,1-3,6H2,(H2,14,15). The fourth-order valence-corrected chi connectivity index (χ4v) is 1.45. The van der Waals surface area contributed by atoms with E-state index in [-0.39, 0.29) is 10.9 Å². The second-order valence-electron chi connectivity index (χ2n) is 3.47.